The fraction of sp³-hybridized carbons (Fsp3) is 0.333. The standard InChI is InChI=1S/C18H24N4O3.HI/c1-19-18(20-9-10-23-2)22-13-14-7-8-17(21-12-14)25-16-6-4-5-15(11-16)24-3;/h4-8,11-12H,9-10,13H2,1-3H3,(H2,19,20,22);1H. The minimum absolute atomic E-state index is 0. The van der Waals surface area contributed by atoms with Crippen LogP contribution in [0.25, 0.3) is 0 Å². The number of hydrogen-bond donors (Lipinski definition) is 2. The monoisotopic (exact) mass is 472 g/mol. The Labute approximate surface area is 171 Å². The SMILES string of the molecule is CN=C(NCCOC)NCc1ccc(Oc2cccc(OC)c2)nc1.I. The number of nitrogens with zero attached hydrogens (tertiary/aromatic N) is 2. The summed E-state index contributed by atoms with van der Waals surface area (Å²) in [5.74, 6) is 2.67. The molecule has 8 heteroatoms. The summed E-state index contributed by atoms with van der Waals surface area (Å²) in [6.07, 6.45) is 1.77. The largest absolute Gasteiger partial charge is 0.497 e. The second-order valence-corrected chi connectivity index (χ2v) is 5.13. The van der Waals surface area contributed by atoms with Gasteiger partial charge < -0.3 is 24.8 Å². The average Bonchev–Trinajstić information content (AvgIpc) is 2.66. The summed E-state index contributed by atoms with van der Waals surface area (Å²) in [5.41, 5.74) is 1.02. The van der Waals surface area contributed by atoms with Gasteiger partial charge in [0, 0.05) is 45.6 Å². The predicted molar refractivity (Wildman–Crippen MR) is 113 cm³/mol. The van der Waals surface area contributed by atoms with Crippen LogP contribution in [0, 0.1) is 0 Å². The van der Waals surface area contributed by atoms with Gasteiger partial charge in [0.05, 0.1) is 13.7 Å². The fourth-order valence-electron chi connectivity index (χ4n) is 2.04. The Morgan fingerprint density at radius 1 is 1.12 bits per heavy atom. The van der Waals surface area contributed by atoms with E-state index in [2.05, 4.69) is 20.6 Å². The van der Waals surface area contributed by atoms with Gasteiger partial charge in [-0.3, -0.25) is 4.99 Å². The molecular weight excluding hydrogens is 447 g/mol. The van der Waals surface area contributed by atoms with Crippen LogP contribution in [0.15, 0.2) is 47.6 Å². The van der Waals surface area contributed by atoms with Gasteiger partial charge in [-0.1, -0.05) is 12.1 Å². The van der Waals surface area contributed by atoms with E-state index in [9.17, 15) is 0 Å². The molecule has 2 rings (SSSR count). The molecule has 1 heterocycles. The van der Waals surface area contributed by atoms with Crippen LogP contribution >= 0.6 is 24.0 Å². The van der Waals surface area contributed by atoms with Gasteiger partial charge in [-0.25, -0.2) is 4.98 Å². The lowest BCUT2D eigenvalue weighted by Gasteiger charge is -2.11. The maximum Gasteiger partial charge on any atom is 0.219 e. The van der Waals surface area contributed by atoms with Crippen LogP contribution in [-0.4, -0.2) is 45.4 Å². The quantitative estimate of drug-likeness (QED) is 0.267. The van der Waals surface area contributed by atoms with E-state index in [4.69, 9.17) is 14.2 Å². The summed E-state index contributed by atoms with van der Waals surface area (Å²) < 4.78 is 15.9. The van der Waals surface area contributed by atoms with Crippen molar-refractivity contribution >= 4 is 29.9 Å². The van der Waals surface area contributed by atoms with Crippen LogP contribution in [0.3, 0.4) is 0 Å². The Balaban J connectivity index is 0.00000338. The number of ether oxygens (including phenoxy) is 3. The molecule has 0 aliphatic rings. The molecule has 142 valence electrons. The van der Waals surface area contributed by atoms with Crippen molar-refractivity contribution in [2.75, 3.05) is 34.4 Å². The van der Waals surface area contributed by atoms with Gasteiger partial charge in [0.1, 0.15) is 11.5 Å². The minimum atomic E-state index is 0. The lowest BCUT2D eigenvalue weighted by Crippen LogP contribution is -2.38. The van der Waals surface area contributed by atoms with Gasteiger partial charge in [0.15, 0.2) is 5.96 Å². The Bertz CT molecular complexity index is 680. The number of aromatic nitrogens is 1. The molecule has 0 saturated heterocycles. The molecule has 1 aromatic carbocycles. The molecule has 0 aliphatic carbocycles. The van der Waals surface area contributed by atoms with E-state index >= 15 is 0 Å². The molecule has 0 atom stereocenters. The zero-order valence-corrected chi connectivity index (χ0v) is 17.5. The van der Waals surface area contributed by atoms with Crippen molar-refractivity contribution in [2.24, 2.45) is 4.99 Å². The summed E-state index contributed by atoms with van der Waals surface area (Å²) in [6.45, 7) is 1.93. The predicted octanol–water partition coefficient (Wildman–Crippen LogP) is 2.81. The van der Waals surface area contributed by atoms with Crippen LogP contribution in [0.1, 0.15) is 5.56 Å². The van der Waals surface area contributed by atoms with E-state index in [1.165, 1.54) is 0 Å². The van der Waals surface area contributed by atoms with Crippen LogP contribution in [-0.2, 0) is 11.3 Å². The first-order valence-electron chi connectivity index (χ1n) is 7.95. The molecule has 26 heavy (non-hydrogen) atoms. The zero-order chi connectivity index (χ0) is 17.9. The lowest BCUT2D eigenvalue weighted by molar-refractivity contribution is 0.203. The number of rotatable bonds is 8. The molecule has 0 radical (unpaired) electrons. The maximum atomic E-state index is 5.73. The highest BCUT2D eigenvalue weighted by molar-refractivity contribution is 14.0. The smallest absolute Gasteiger partial charge is 0.219 e. The summed E-state index contributed by atoms with van der Waals surface area (Å²) in [6, 6.07) is 11.2. The van der Waals surface area contributed by atoms with E-state index in [1.54, 1.807) is 27.5 Å². The average molecular weight is 472 g/mol. The number of hydrogen-bond acceptors (Lipinski definition) is 5. The molecule has 7 nitrogen and oxygen atoms in total. The third kappa shape index (κ3) is 7.44. The van der Waals surface area contributed by atoms with Crippen LogP contribution in [0.5, 0.6) is 17.4 Å². The highest BCUT2D eigenvalue weighted by Crippen LogP contribution is 2.23. The third-order valence-electron chi connectivity index (χ3n) is 3.34. The highest BCUT2D eigenvalue weighted by Gasteiger charge is 2.02. The Hall–Kier alpha value is -2.07. The van der Waals surface area contributed by atoms with Gasteiger partial charge in [-0.15, -0.1) is 24.0 Å². The minimum Gasteiger partial charge on any atom is -0.497 e. The fourth-order valence-corrected chi connectivity index (χ4v) is 2.04. The zero-order valence-electron chi connectivity index (χ0n) is 15.2. The van der Waals surface area contributed by atoms with Gasteiger partial charge in [-0.2, -0.15) is 0 Å². The molecule has 0 aliphatic heterocycles. The first kappa shape index (κ1) is 22.0. The summed E-state index contributed by atoms with van der Waals surface area (Å²) >= 11 is 0. The van der Waals surface area contributed by atoms with E-state index < -0.39 is 0 Å². The van der Waals surface area contributed by atoms with Gasteiger partial charge in [0.2, 0.25) is 5.88 Å². The van der Waals surface area contributed by atoms with Crippen molar-refractivity contribution in [3.05, 3.63) is 48.2 Å². The normalized spacial score (nSPS) is 10.7. The van der Waals surface area contributed by atoms with E-state index in [0.717, 1.165) is 11.3 Å². The van der Waals surface area contributed by atoms with Crippen molar-refractivity contribution in [1.29, 1.82) is 0 Å². The first-order chi connectivity index (χ1) is 12.2. The highest BCUT2D eigenvalue weighted by atomic mass is 127. The van der Waals surface area contributed by atoms with Crippen molar-refractivity contribution in [1.82, 2.24) is 15.6 Å². The summed E-state index contributed by atoms with van der Waals surface area (Å²) in [5, 5.41) is 6.37. The Morgan fingerprint density at radius 2 is 1.92 bits per heavy atom. The molecular formula is C18H25IN4O3. The molecule has 2 N–H and O–H groups in total. The van der Waals surface area contributed by atoms with Crippen molar-refractivity contribution in [3.63, 3.8) is 0 Å². The number of halogens is 1. The van der Waals surface area contributed by atoms with Crippen LogP contribution in [0.4, 0.5) is 0 Å². The third-order valence-corrected chi connectivity index (χ3v) is 3.34. The van der Waals surface area contributed by atoms with Gasteiger partial charge >= 0.3 is 0 Å². The van der Waals surface area contributed by atoms with Crippen molar-refractivity contribution in [3.8, 4) is 17.4 Å². The second-order valence-electron chi connectivity index (χ2n) is 5.13. The van der Waals surface area contributed by atoms with E-state index in [0.29, 0.717) is 37.3 Å². The number of guanidine groups is 1. The Kier molecular flexibility index (Phi) is 10.4. The summed E-state index contributed by atoms with van der Waals surface area (Å²) in [7, 11) is 5.02. The topological polar surface area (TPSA) is 77.0 Å². The van der Waals surface area contributed by atoms with Crippen LogP contribution in [0.2, 0.25) is 0 Å². The van der Waals surface area contributed by atoms with Gasteiger partial charge in [0.25, 0.3) is 0 Å². The number of pyridine rings is 1. The van der Waals surface area contributed by atoms with Crippen molar-refractivity contribution in [2.45, 2.75) is 6.54 Å². The molecule has 0 spiro atoms. The number of aliphatic imine (C=N–C) groups is 1. The molecule has 0 amide bonds. The van der Waals surface area contributed by atoms with Crippen LogP contribution < -0.4 is 20.1 Å². The molecule has 0 fully saturated rings. The lowest BCUT2D eigenvalue weighted by atomic mass is 10.3. The number of benzene rings is 1. The number of methoxy groups -OCH3 is 2. The van der Waals surface area contributed by atoms with Gasteiger partial charge in [-0.05, 0) is 17.7 Å². The Morgan fingerprint density at radius 3 is 2.58 bits per heavy atom. The van der Waals surface area contributed by atoms with E-state index in [1.807, 2.05) is 36.4 Å². The number of nitrogens with one attached hydrogen (secondary N) is 2. The molecule has 2 aromatic rings. The molecule has 1 aromatic heterocycles. The molecule has 0 saturated carbocycles. The summed E-state index contributed by atoms with van der Waals surface area (Å²) in [4.78, 5) is 8.47. The molecule has 0 bridgehead atoms. The maximum absolute atomic E-state index is 5.73. The van der Waals surface area contributed by atoms with E-state index in [-0.39, 0.29) is 24.0 Å². The molecule has 0 unspecified atom stereocenters. The first-order valence-corrected chi connectivity index (χ1v) is 7.95. The van der Waals surface area contributed by atoms with Crippen molar-refractivity contribution < 1.29 is 14.2 Å². The second kappa shape index (κ2) is 12.3.